The van der Waals surface area contributed by atoms with Crippen LogP contribution in [0.4, 0.5) is 8.78 Å². The normalized spacial score (nSPS) is 11.2. The van der Waals surface area contributed by atoms with Crippen LogP contribution in [0.5, 0.6) is 0 Å². The average molecular weight is 420 g/mol. The van der Waals surface area contributed by atoms with Crippen molar-refractivity contribution < 1.29 is 18.7 Å². The molecule has 158 valence electrons. The Kier molecular flexibility index (Phi) is 5.82. The molecule has 6 heteroatoms. The fraction of sp³-hybridized carbons (Fsp3) is 0.160. The van der Waals surface area contributed by atoms with E-state index >= 15 is 0 Å². The molecule has 1 aromatic heterocycles. The number of rotatable bonds is 7. The Bertz CT molecular complexity index is 1250. The number of aromatic carboxylic acids is 1. The zero-order chi connectivity index (χ0) is 22.0. The van der Waals surface area contributed by atoms with E-state index in [2.05, 4.69) is 5.32 Å². The number of hydrogen-bond acceptors (Lipinski definition) is 2. The monoisotopic (exact) mass is 420 g/mol. The zero-order valence-electron chi connectivity index (χ0n) is 17.0. The highest BCUT2D eigenvalue weighted by Crippen LogP contribution is 2.29. The van der Waals surface area contributed by atoms with Gasteiger partial charge in [-0.05, 0) is 53.9 Å². The van der Waals surface area contributed by atoms with Gasteiger partial charge in [0.25, 0.3) is 0 Å². The van der Waals surface area contributed by atoms with Crippen molar-refractivity contribution in [1.29, 1.82) is 0 Å². The summed E-state index contributed by atoms with van der Waals surface area (Å²) in [5.74, 6) is -1.67. The van der Waals surface area contributed by atoms with E-state index in [0.717, 1.165) is 27.6 Å². The van der Waals surface area contributed by atoms with Crippen molar-refractivity contribution in [3.63, 3.8) is 0 Å². The van der Waals surface area contributed by atoms with Crippen LogP contribution in [0, 0.1) is 18.6 Å². The van der Waals surface area contributed by atoms with Gasteiger partial charge in [0.05, 0.1) is 0 Å². The molecular weight excluding hydrogens is 398 g/mol. The maximum absolute atomic E-state index is 13.4. The minimum atomic E-state index is -1.03. The van der Waals surface area contributed by atoms with Crippen LogP contribution in [0.3, 0.4) is 0 Å². The van der Waals surface area contributed by atoms with E-state index in [0.29, 0.717) is 25.2 Å². The molecule has 0 aliphatic rings. The summed E-state index contributed by atoms with van der Waals surface area (Å²) >= 11 is 0. The predicted octanol–water partition coefficient (Wildman–Crippen LogP) is 5.26. The maximum Gasteiger partial charge on any atom is 0.352 e. The first-order valence-corrected chi connectivity index (χ1v) is 9.97. The topological polar surface area (TPSA) is 54.3 Å². The molecule has 0 aliphatic heterocycles. The van der Waals surface area contributed by atoms with Crippen molar-refractivity contribution in [2.75, 3.05) is 0 Å². The third-order valence-corrected chi connectivity index (χ3v) is 5.30. The van der Waals surface area contributed by atoms with Crippen molar-refractivity contribution >= 4 is 16.9 Å². The maximum atomic E-state index is 13.4. The summed E-state index contributed by atoms with van der Waals surface area (Å²) in [6.45, 7) is 2.99. The van der Waals surface area contributed by atoms with Crippen LogP contribution in [-0.4, -0.2) is 15.6 Å². The quantitative estimate of drug-likeness (QED) is 0.429. The second-order valence-electron chi connectivity index (χ2n) is 7.60. The summed E-state index contributed by atoms with van der Waals surface area (Å²) < 4.78 is 28.5. The van der Waals surface area contributed by atoms with Crippen LogP contribution in [0.1, 0.15) is 32.7 Å². The fourth-order valence-electron chi connectivity index (χ4n) is 3.87. The van der Waals surface area contributed by atoms with Gasteiger partial charge in [-0.1, -0.05) is 36.4 Å². The number of nitrogens with zero attached hydrogens (tertiary/aromatic N) is 1. The average Bonchev–Trinajstić information content (AvgIpc) is 3.02. The number of fused-ring (bicyclic) bond motifs is 1. The van der Waals surface area contributed by atoms with Crippen molar-refractivity contribution in [1.82, 2.24) is 9.88 Å². The molecule has 4 nitrogen and oxygen atoms in total. The number of benzene rings is 3. The predicted molar refractivity (Wildman–Crippen MR) is 116 cm³/mol. The Labute approximate surface area is 178 Å². The lowest BCUT2D eigenvalue weighted by atomic mass is 10.1. The summed E-state index contributed by atoms with van der Waals surface area (Å²) in [5, 5.41) is 14.1. The Balaban J connectivity index is 1.72. The van der Waals surface area contributed by atoms with Crippen molar-refractivity contribution in [2.45, 2.75) is 26.6 Å². The lowest BCUT2D eigenvalue weighted by Crippen LogP contribution is -2.17. The van der Waals surface area contributed by atoms with Crippen LogP contribution in [0.2, 0.25) is 0 Å². The molecule has 0 aliphatic carbocycles. The number of halogens is 2. The van der Waals surface area contributed by atoms with Crippen LogP contribution >= 0.6 is 0 Å². The Hall–Kier alpha value is -3.51. The first-order valence-electron chi connectivity index (χ1n) is 9.97. The largest absolute Gasteiger partial charge is 0.477 e. The lowest BCUT2D eigenvalue weighted by Gasteiger charge is -2.10. The number of aryl methyl sites for hydroxylation is 1. The van der Waals surface area contributed by atoms with Crippen molar-refractivity contribution in [2.24, 2.45) is 0 Å². The van der Waals surface area contributed by atoms with Gasteiger partial charge in [0, 0.05) is 36.1 Å². The zero-order valence-corrected chi connectivity index (χ0v) is 17.0. The molecule has 0 saturated carbocycles. The number of carboxylic acid groups (broad SMARTS) is 1. The molecule has 0 radical (unpaired) electrons. The molecule has 0 unspecified atom stereocenters. The second-order valence-corrected chi connectivity index (χ2v) is 7.60. The lowest BCUT2D eigenvalue weighted by molar-refractivity contribution is 0.0684. The van der Waals surface area contributed by atoms with Gasteiger partial charge in [-0.2, -0.15) is 0 Å². The molecule has 0 spiro atoms. The number of carbonyl (C=O) groups is 1. The van der Waals surface area contributed by atoms with E-state index in [1.54, 1.807) is 22.8 Å². The van der Waals surface area contributed by atoms with Crippen LogP contribution < -0.4 is 5.32 Å². The first kappa shape index (κ1) is 20.8. The van der Waals surface area contributed by atoms with E-state index < -0.39 is 5.97 Å². The first-order chi connectivity index (χ1) is 14.9. The highest BCUT2D eigenvalue weighted by Gasteiger charge is 2.22. The highest BCUT2D eigenvalue weighted by atomic mass is 19.1. The van der Waals surface area contributed by atoms with Gasteiger partial charge >= 0.3 is 5.97 Å². The van der Waals surface area contributed by atoms with Gasteiger partial charge in [-0.15, -0.1) is 0 Å². The summed E-state index contributed by atoms with van der Waals surface area (Å²) in [6.07, 6.45) is 0. The standard InChI is InChI=1S/C25H22F2N2O2/c1-16-5-10-21-22(14-28-13-18-3-2-4-20(27)12-18)24(25(30)31)29(23(21)11-16)15-17-6-8-19(26)9-7-17/h2-12,28H,13-15H2,1H3,(H,30,31). The molecule has 4 aromatic rings. The second kappa shape index (κ2) is 8.70. The summed E-state index contributed by atoms with van der Waals surface area (Å²) in [7, 11) is 0. The van der Waals surface area contributed by atoms with E-state index in [1.807, 2.05) is 31.2 Å². The number of carboxylic acids is 1. The Morgan fingerprint density at radius 1 is 0.935 bits per heavy atom. The third-order valence-electron chi connectivity index (χ3n) is 5.30. The molecule has 0 saturated heterocycles. The summed E-state index contributed by atoms with van der Waals surface area (Å²) in [5.41, 5.74) is 4.27. The smallest absolute Gasteiger partial charge is 0.352 e. The van der Waals surface area contributed by atoms with Crippen molar-refractivity contribution in [3.8, 4) is 0 Å². The minimum Gasteiger partial charge on any atom is -0.477 e. The van der Waals surface area contributed by atoms with Gasteiger partial charge in [0.2, 0.25) is 0 Å². The molecular formula is C25H22F2N2O2. The van der Waals surface area contributed by atoms with Gasteiger partial charge in [-0.25, -0.2) is 13.6 Å². The fourth-order valence-corrected chi connectivity index (χ4v) is 3.87. The van der Waals surface area contributed by atoms with E-state index in [1.165, 1.54) is 24.3 Å². The number of nitrogens with one attached hydrogen (secondary N) is 1. The van der Waals surface area contributed by atoms with Gasteiger partial charge in [-0.3, -0.25) is 0 Å². The highest BCUT2D eigenvalue weighted by molar-refractivity contribution is 5.98. The van der Waals surface area contributed by atoms with E-state index in [9.17, 15) is 18.7 Å². The molecule has 0 bridgehead atoms. The molecule has 2 N–H and O–H groups in total. The molecule has 4 rings (SSSR count). The molecule has 0 fully saturated rings. The molecule has 0 amide bonds. The van der Waals surface area contributed by atoms with Crippen molar-refractivity contribution in [3.05, 3.63) is 106 Å². The van der Waals surface area contributed by atoms with Crippen LogP contribution in [0.15, 0.2) is 66.7 Å². The molecule has 0 atom stereocenters. The molecule has 31 heavy (non-hydrogen) atoms. The minimum absolute atomic E-state index is 0.191. The summed E-state index contributed by atoms with van der Waals surface area (Å²) in [6, 6.07) is 18.2. The van der Waals surface area contributed by atoms with E-state index in [-0.39, 0.29) is 17.3 Å². The summed E-state index contributed by atoms with van der Waals surface area (Å²) in [4.78, 5) is 12.3. The van der Waals surface area contributed by atoms with Crippen LogP contribution in [-0.2, 0) is 19.6 Å². The number of hydrogen-bond donors (Lipinski definition) is 2. The van der Waals surface area contributed by atoms with Crippen LogP contribution in [0.25, 0.3) is 10.9 Å². The molecule has 3 aromatic carbocycles. The Morgan fingerprint density at radius 3 is 2.42 bits per heavy atom. The third kappa shape index (κ3) is 4.49. The van der Waals surface area contributed by atoms with Gasteiger partial charge < -0.3 is 15.0 Å². The molecule has 1 heterocycles. The SMILES string of the molecule is Cc1ccc2c(CNCc3cccc(F)c3)c(C(=O)O)n(Cc3ccc(F)cc3)c2c1. The van der Waals surface area contributed by atoms with E-state index in [4.69, 9.17) is 0 Å². The van der Waals surface area contributed by atoms with Gasteiger partial charge in [0.1, 0.15) is 17.3 Å². The number of aromatic nitrogens is 1. The van der Waals surface area contributed by atoms with Gasteiger partial charge in [0.15, 0.2) is 0 Å². The Morgan fingerprint density at radius 2 is 1.71 bits per heavy atom.